The molecule has 1 aromatic heterocycles. The topological polar surface area (TPSA) is 172 Å². The minimum Gasteiger partial charge on any atom is -0.506 e. The zero-order valence-electron chi connectivity index (χ0n) is 15.5. The van der Waals surface area contributed by atoms with E-state index in [1.807, 2.05) is 0 Å². The van der Waals surface area contributed by atoms with E-state index in [4.69, 9.17) is 21.8 Å². The van der Waals surface area contributed by atoms with E-state index in [2.05, 4.69) is 10.6 Å². The molecule has 0 saturated carbocycles. The van der Waals surface area contributed by atoms with Crippen molar-refractivity contribution in [2.75, 3.05) is 6.54 Å². The molecular formula is C18H20ClN3O7. The molecule has 156 valence electrons. The van der Waals surface area contributed by atoms with Crippen LogP contribution in [0.4, 0.5) is 4.79 Å². The highest BCUT2D eigenvalue weighted by molar-refractivity contribution is 6.32. The molecule has 0 aliphatic heterocycles. The molecule has 2 aromatic rings. The Labute approximate surface area is 169 Å². The number of carboxylic acids is 1. The molecule has 11 heteroatoms. The molecule has 0 aliphatic rings. The van der Waals surface area contributed by atoms with Gasteiger partial charge in [0.15, 0.2) is 0 Å². The Bertz CT molecular complexity index is 1020. The quantitative estimate of drug-likeness (QED) is 0.310. The van der Waals surface area contributed by atoms with E-state index in [9.17, 15) is 29.4 Å². The second-order valence-electron chi connectivity index (χ2n) is 6.36. The first kappa shape index (κ1) is 22.0. The molecule has 0 unspecified atom stereocenters. The maximum absolute atomic E-state index is 12.3. The Kier molecular flexibility index (Phi) is 7.05. The maximum atomic E-state index is 12.3. The van der Waals surface area contributed by atoms with Crippen molar-refractivity contribution < 1.29 is 29.0 Å². The van der Waals surface area contributed by atoms with E-state index >= 15 is 0 Å². The van der Waals surface area contributed by atoms with E-state index in [1.54, 1.807) is 6.92 Å². The molecule has 10 nitrogen and oxygen atoms in total. The second kappa shape index (κ2) is 9.28. The highest BCUT2D eigenvalue weighted by Gasteiger charge is 2.22. The van der Waals surface area contributed by atoms with Crippen LogP contribution in [0.3, 0.4) is 0 Å². The predicted octanol–water partition coefficient (Wildman–Crippen LogP) is 1.02. The largest absolute Gasteiger partial charge is 0.506 e. The van der Waals surface area contributed by atoms with Gasteiger partial charge in [0.2, 0.25) is 5.91 Å². The third-order valence-corrected chi connectivity index (χ3v) is 4.60. The normalized spacial score (nSPS) is 11.8. The van der Waals surface area contributed by atoms with Crippen molar-refractivity contribution in [2.45, 2.75) is 32.2 Å². The van der Waals surface area contributed by atoms with Gasteiger partial charge in [-0.3, -0.25) is 4.79 Å². The van der Waals surface area contributed by atoms with Gasteiger partial charge in [0.05, 0.1) is 17.0 Å². The van der Waals surface area contributed by atoms with Crippen molar-refractivity contribution in [3.05, 3.63) is 38.7 Å². The number of urea groups is 1. The summed E-state index contributed by atoms with van der Waals surface area (Å²) in [5, 5.41) is 24.1. The lowest BCUT2D eigenvalue weighted by molar-refractivity contribution is -0.141. The average molecular weight is 426 g/mol. The van der Waals surface area contributed by atoms with Gasteiger partial charge in [-0.15, -0.1) is 0 Å². The number of aromatic hydroxyl groups is 1. The van der Waals surface area contributed by atoms with Crippen molar-refractivity contribution in [3.8, 4) is 5.75 Å². The summed E-state index contributed by atoms with van der Waals surface area (Å²) in [6.45, 7) is 1.76. The van der Waals surface area contributed by atoms with Gasteiger partial charge in [0.25, 0.3) is 0 Å². The van der Waals surface area contributed by atoms with E-state index in [-0.39, 0.29) is 41.3 Å². The summed E-state index contributed by atoms with van der Waals surface area (Å²) in [4.78, 5) is 46.5. The summed E-state index contributed by atoms with van der Waals surface area (Å²) < 4.78 is 5.14. The number of carbonyl (C=O) groups excluding carboxylic acids is 2. The lowest BCUT2D eigenvalue weighted by atomic mass is 10.0. The molecule has 0 aliphatic carbocycles. The molecule has 0 fully saturated rings. The van der Waals surface area contributed by atoms with Gasteiger partial charge in [-0.25, -0.2) is 14.4 Å². The zero-order valence-corrected chi connectivity index (χ0v) is 16.2. The van der Waals surface area contributed by atoms with Crippen molar-refractivity contribution in [3.63, 3.8) is 0 Å². The summed E-state index contributed by atoms with van der Waals surface area (Å²) in [5.41, 5.74) is 4.75. The first-order valence-electron chi connectivity index (χ1n) is 8.60. The Balaban J connectivity index is 2.15. The van der Waals surface area contributed by atoms with Crippen LogP contribution in [0.2, 0.25) is 5.02 Å². The fraction of sp³-hybridized carbons (Fsp3) is 0.333. The van der Waals surface area contributed by atoms with Gasteiger partial charge < -0.3 is 31.0 Å². The number of aliphatic carboxylic acids is 1. The molecule has 0 saturated heterocycles. The fourth-order valence-corrected chi connectivity index (χ4v) is 2.95. The number of fused-ring (bicyclic) bond motifs is 1. The molecule has 0 radical (unpaired) electrons. The van der Waals surface area contributed by atoms with Crippen molar-refractivity contribution in [1.82, 2.24) is 10.6 Å². The minimum absolute atomic E-state index is 0.0521. The number of phenolic OH excluding ortho intramolecular Hbond substituents is 1. The molecule has 29 heavy (non-hydrogen) atoms. The van der Waals surface area contributed by atoms with Crippen LogP contribution in [0.5, 0.6) is 5.75 Å². The Morgan fingerprint density at radius 3 is 2.62 bits per heavy atom. The fourth-order valence-electron chi connectivity index (χ4n) is 2.78. The van der Waals surface area contributed by atoms with Crippen LogP contribution in [0.25, 0.3) is 11.0 Å². The number of carbonyl (C=O) groups is 3. The molecule has 1 aromatic carbocycles. The standard InChI is InChI=1S/C18H20ClN3O7/c1-8-9-5-11(19)13(23)7-14(9)29-17(27)10(8)6-15(24)22-12(16(25)26)3-2-4-21-18(20)28/h5,7,12,23H,2-4,6H2,1H3,(H,22,24)(H,25,26)(H3,20,21,28)/t12-/m0/s1. The number of hydrogen-bond donors (Lipinski definition) is 5. The number of nitrogens with two attached hydrogens (primary N) is 1. The number of rotatable bonds is 8. The van der Waals surface area contributed by atoms with E-state index in [1.165, 1.54) is 12.1 Å². The first-order valence-corrected chi connectivity index (χ1v) is 8.98. The van der Waals surface area contributed by atoms with Crippen molar-refractivity contribution >= 4 is 40.5 Å². The third-order valence-electron chi connectivity index (χ3n) is 4.29. The lowest BCUT2D eigenvalue weighted by Gasteiger charge is -2.15. The number of halogens is 1. The van der Waals surface area contributed by atoms with Crippen LogP contribution < -0.4 is 22.0 Å². The van der Waals surface area contributed by atoms with Gasteiger partial charge in [-0.2, -0.15) is 0 Å². The molecule has 0 spiro atoms. The van der Waals surface area contributed by atoms with Gasteiger partial charge >= 0.3 is 17.6 Å². The Hall–Kier alpha value is -3.27. The molecule has 0 bridgehead atoms. The van der Waals surface area contributed by atoms with Crippen LogP contribution in [-0.2, 0) is 16.0 Å². The molecule has 6 N–H and O–H groups in total. The summed E-state index contributed by atoms with van der Waals surface area (Å²) in [6.07, 6.45) is -0.0627. The summed E-state index contributed by atoms with van der Waals surface area (Å²) in [5.74, 6) is -2.18. The Morgan fingerprint density at radius 1 is 1.31 bits per heavy atom. The summed E-state index contributed by atoms with van der Waals surface area (Å²) in [7, 11) is 0. The first-order chi connectivity index (χ1) is 13.6. The summed E-state index contributed by atoms with van der Waals surface area (Å²) in [6, 6.07) is 0.693. The van der Waals surface area contributed by atoms with Gasteiger partial charge in [0.1, 0.15) is 17.4 Å². The van der Waals surface area contributed by atoms with Crippen LogP contribution in [0, 0.1) is 6.92 Å². The Morgan fingerprint density at radius 2 is 2.00 bits per heavy atom. The van der Waals surface area contributed by atoms with E-state index < -0.39 is 36.0 Å². The molecule has 3 amide bonds. The molecule has 1 atom stereocenters. The SMILES string of the molecule is Cc1c(CC(=O)N[C@@H](CCCNC(N)=O)C(=O)O)c(=O)oc2cc(O)c(Cl)cc12. The second-order valence-corrected chi connectivity index (χ2v) is 6.77. The summed E-state index contributed by atoms with van der Waals surface area (Å²) >= 11 is 5.89. The smallest absolute Gasteiger partial charge is 0.340 e. The van der Waals surface area contributed by atoms with E-state index in [0.717, 1.165) is 0 Å². The zero-order chi connectivity index (χ0) is 21.7. The number of phenols is 1. The van der Waals surface area contributed by atoms with Crippen molar-refractivity contribution in [1.29, 1.82) is 0 Å². The predicted molar refractivity (Wildman–Crippen MR) is 104 cm³/mol. The number of aryl methyl sites for hydroxylation is 1. The highest BCUT2D eigenvalue weighted by atomic mass is 35.5. The van der Waals surface area contributed by atoms with E-state index in [0.29, 0.717) is 10.9 Å². The molecule has 1 heterocycles. The average Bonchev–Trinajstić information content (AvgIpc) is 2.62. The number of carboxylic acid groups (broad SMARTS) is 1. The van der Waals surface area contributed by atoms with Crippen molar-refractivity contribution in [2.24, 2.45) is 5.73 Å². The molecule has 2 rings (SSSR count). The third kappa shape index (κ3) is 5.61. The number of hydrogen-bond acceptors (Lipinski definition) is 6. The number of benzene rings is 1. The van der Waals surface area contributed by atoms with Crippen LogP contribution >= 0.6 is 11.6 Å². The number of nitrogens with one attached hydrogen (secondary N) is 2. The molecular weight excluding hydrogens is 406 g/mol. The minimum atomic E-state index is -1.25. The van der Waals surface area contributed by atoms with Gasteiger partial charge in [-0.05, 0) is 31.4 Å². The van der Waals surface area contributed by atoms with Crippen LogP contribution in [0.15, 0.2) is 21.3 Å². The van der Waals surface area contributed by atoms with Crippen LogP contribution in [-0.4, -0.2) is 40.7 Å². The van der Waals surface area contributed by atoms with Crippen LogP contribution in [0.1, 0.15) is 24.0 Å². The highest BCUT2D eigenvalue weighted by Crippen LogP contribution is 2.30. The van der Waals surface area contributed by atoms with Gasteiger partial charge in [0, 0.05) is 18.0 Å². The number of amides is 3. The maximum Gasteiger partial charge on any atom is 0.340 e. The lowest BCUT2D eigenvalue weighted by Crippen LogP contribution is -2.42. The monoisotopic (exact) mass is 425 g/mol. The number of primary amides is 1. The van der Waals surface area contributed by atoms with Gasteiger partial charge in [-0.1, -0.05) is 11.6 Å².